The van der Waals surface area contributed by atoms with E-state index >= 15 is 0 Å². The van der Waals surface area contributed by atoms with Crippen LogP contribution in [0.1, 0.15) is 16.1 Å². The molecule has 0 saturated heterocycles. The topological polar surface area (TPSA) is 92.5 Å². The minimum Gasteiger partial charge on any atom is -0.480 e. The normalized spacial score (nSPS) is 17.3. The Morgan fingerprint density at radius 2 is 2.00 bits per heavy atom. The molecule has 0 bridgehead atoms. The molecule has 0 aliphatic carbocycles. The Hall–Kier alpha value is -2.89. The van der Waals surface area contributed by atoms with Crippen molar-refractivity contribution in [3.63, 3.8) is 0 Å². The summed E-state index contributed by atoms with van der Waals surface area (Å²) in [5.74, 6) is -3.07. The van der Waals surface area contributed by atoms with Crippen molar-refractivity contribution in [1.29, 1.82) is 0 Å². The molecule has 6 heteroatoms. The average molecular weight is 267 g/mol. The lowest BCUT2D eigenvalue weighted by molar-refractivity contribution is -0.137. The van der Waals surface area contributed by atoms with Gasteiger partial charge in [-0.1, -0.05) is 12.1 Å². The van der Waals surface area contributed by atoms with Crippen LogP contribution in [0, 0.1) is 5.92 Å². The first kappa shape index (κ1) is 12.2. The minimum absolute atomic E-state index is 0.120. The summed E-state index contributed by atoms with van der Waals surface area (Å²) in [5, 5.41) is 9.32. The molecular formula is C14H9N3O3. The molecule has 20 heavy (non-hydrogen) atoms. The standard InChI is InChI=1S/C14H9N3O3/c18-13-8-3-1-2-4-9(8)17-12(11(13)14(19)20)10-7-15-5-6-16-10/h1-7,11H,(H,19,20). The molecular weight excluding hydrogens is 258 g/mol. The number of aliphatic imine (C=N–C) groups is 1. The number of carboxylic acids is 1. The van der Waals surface area contributed by atoms with Gasteiger partial charge in [-0.2, -0.15) is 0 Å². The van der Waals surface area contributed by atoms with Gasteiger partial charge in [-0.25, -0.2) is 4.99 Å². The second-order valence-corrected chi connectivity index (χ2v) is 4.24. The molecule has 3 rings (SSSR count). The number of para-hydroxylation sites is 1. The number of Topliss-reactive ketones (excluding diaryl/α,β-unsaturated/α-hetero) is 1. The highest BCUT2D eigenvalue weighted by atomic mass is 16.4. The van der Waals surface area contributed by atoms with Crippen molar-refractivity contribution in [2.45, 2.75) is 0 Å². The molecule has 2 aromatic rings. The molecule has 2 heterocycles. The Bertz CT molecular complexity index is 725. The molecule has 6 nitrogen and oxygen atoms in total. The molecule has 1 aromatic heterocycles. The molecule has 0 amide bonds. The number of rotatable bonds is 2. The van der Waals surface area contributed by atoms with Gasteiger partial charge in [0, 0.05) is 18.0 Å². The molecule has 0 spiro atoms. The zero-order valence-corrected chi connectivity index (χ0v) is 10.2. The van der Waals surface area contributed by atoms with E-state index in [-0.39, 0.29) is 5.71 Å². The molecule has 1 aliphatic heterocycles. The maximum atomic E-state index is 12.3. The number of carboxylic acid groups (broad SMARTS) is 1. The van der Waals surface area contributed by atoms with Crippen LogP contribution in [-0.4, -0.2) is 32.5 Å². The molecule has 0 radical (unpaired) electrons. The van der Waals surface area contributed by atoms with Crippen molar-refractivity contribution >= 4 is 23.2 Å². The van der Waals surface area contributed by atoms with Gasteiger partial charge in [-0.15, -0.1) is 0 Å². The van der Waals surface area contributed by atoms with Crippen LogP contribution in [0.5, 0.6) is 0 Å². The fourth-order valence-corrected chi connectivity index (χ4v) is 2.12. The smallest absolute Gasteiger partial charge is 0.320 e. The lowest BCUT2D eigenvalue weighted by Gasteiger charge is -2.20. The number of nitrogens with zero attached hydrogens (tertiary/aromatic N) is 3. The third kappa shape index (κ3) is 1.87. The van der Waals surface area contributed by atoms with Crippen LogP contribution in [0.3, 0.4) is 0 Å². The maximum Gasteiger partial charge on any atom is 0.320 e. The number of benzene rings is 1. The highest BCUT2D eigenvalue weighted by molar-refractivity contribution is 6.31. The van der Waals surface area contributed by atoms with E-state index in [1.54, 1.807) is 24.3 Å². The quantitative estimate of drug-likeness (QED) is 0.832. The largest absolute Gasteiger partial charge is 0.480 e. The van der Waals surface area contributed by atoms with Gasteiger partial charge >= 0.3 is 5.97 Å². The van der Waals surface area contributed by atoms with E-state index in [2.05, 4.69) is 15.0 Å². The van der Waals surface area contributed by atoms with Crippen molar-refractivity contribution in [3.8, 4) is 0 Å². The Morgan fingerprint density at radius 3 is 2.70 bits per heavy atom. The first-order valence-corrected chi connectivity index (χ1v) is 5.89. The van der Waals surface area contributed by atoms with Crippen LogP contribution in [0.2, 0.25) is 0 Å². The number of hydrogen-bond acceptors (Lipinski definition) is 5. The van der Waals surface area contributed by atoms with Crippen LogP contribution >= 0.6 is 0 Å². The summed E-state index contributed by atoms with van der Waals surface area (Å²) >= 11 is 0. The number of aliphatic carboxylic acids is 1. The Kier molecular flexibility index (Phi) is 2.83. The number of carbonyl (C=O) groups excluding carboxylic acids is 1. The summed E-state index contributed by atoms with van der Waals surface area (Å²) in [6, 6.07) is 6.66. The van der Waals surface area contributed by atoms with Gasteiger partial charge in [0.15, 0.2) is 11.7 Å². The van der Waals surface area contributed by atoms with Crippen LogP contribution in [0.4, 0.5) is 5.69 Å². The summed E-state index contributed by atoms with van der Waals surface area (Å²) in [6.45, 7) is 0. The summed E-state index contributed by atoms with van der Waals surface area (Å²) in [4.78, 5) is 35.9. The van der Waals surface area contributed by atoms with Crippen LogP contribution in [0.15, 0.2) is 47.8 Å². The van der Waals surface area contributed by atoms with Crippen LogP contribution in [-0.2, 0) is 4.79 Å². The molecule has 98 valence electrons. The average Bonchev–Trinajstić information content (AvgIpc) is 2.47. The highest BCUT2D eigenvalue weighted by Crippen LogP contribution is 2.30. The molecule has 1 N–H and O–H groups in total. The van der Waals surface area contributed by atoms with E-state index in [1.165, 1.54) is 18.6 Å². The summed E-state index contributed by atoms with van der Waals surface area (Å²) in [5.41, 5.74) is 1.18. The maximum absolute atomic E-state index is 12.3. The van der Waals surface area contributed by atoms with Gasteiger partial charge in [0.05, 0.1) is 17.6 Å². The Labute approximate surface area is 113 Å². The van der Waals surface area contributed by atoms with Gasteiger partial charge in [0.1, 0.15) is 5.69 Å². The fourth-order valence-electron chi connectivity index (χ4n) is 2.12. The summed E-state index contributed by atoms with van der Waals surface area (Å²) in [7, 11) is 0. The Morgan fingerprint density at radius 1 is 1.20 bits per heavy atom. The summed E-state index contributed by atoms with van der Waals surface area (Å²) < 4.78 is 0. The molecule has 1 aromatic carbocycles. The van der Waals surface area contributed by atoms with Gasteiger partial charge in [-0.05, 0) is 12.1 Å². The van der Waals surface area contributed by atoms with E-state index < -0.39 is 17.7 Å². The molecule has 1 aliphatic rings. The van der Waals surface area contributed by atoms with Gasteiger partial charge < -0.3 is 5.11 Å². The van der Waals surface area contributed by atoms with Crippen molar-refractivity contribution in [2.24, 2.45) is 10.9 Å². The molecule has 1 atom stereocenters. The zero-order valence-electron chi connectivity index (χ0n) is 10.2. The van der Waals surface area contributed by atoms with Crippen molar-refractivity contribution < 1.29 is 14.7 Å². The number of ketones is 1. The van der Waals surface area contributed by atoms with E-state index in [0.717, 1.165) is 0 Å². The number of aromatic nitrogens is 2. The van der Waals surface area contributed by atoms with Crippen LogP contribution < -0.4 is 0 Å². The lowest BCUT2D eigenvalue weighted by atomic mass is 9.88. The minimum atomic E-state index is -1.35. The number of carbonyl (C=O) groups is 2. The first-order chi connectivity index (χ1) is 9.68. The predicted molar refractivity (Wildman–Crippen MR) is 70.1 cm³/mol. The molecule has 0 fully saturated rings. The zero-order chi connectivity index (χ0) is 14.1. The number of hydrogen-bond donors (Lipinski definition) is 1. The van der Waals surface area contributed by atoms with E-state index in [4.69, 9.17) is 0 Å². The van der Waals surface area contributed by atoms with Gasteiger partial charge in [-0.3, -0.25) is 19.6 Å². The monoisotopic (exact) mass is 267 g/mol. The van der Waals surface area contributed by atoms with E-state index in [1.807, 2.05) is 0 Å². The highest BCUT2D eigenvalue weighted by Gasteiger charge is 2.38. The van der Waals surface area contributed by atoms with Gasteiger partial charge in [0.2, 0.25) is 0 Å². The van der Waals surface area contributed by atoms with Crippen LogP contribution in [0.25, 0.3) is 0 Å². The third-order valence-electron chi connectivity index (χ3n) is 3.02. The Balaban J connectivity index is 2.22. The van der Waals surface area contributed by atoms with Crippen molar-refractivity contribution in [2.75, 3.05) is 0 Å². The van der Waals surface area contributed by atoms with E-state index in [9.17, 15) is 14.7 Å². The SMILES string of the molecule is O=C(O)C1C(=O)c2ccccc2N=C1c1cnccn1. The lowest BCUT2D eigenvalue weighted by Crippen LogP contribution is -2.35. The van der Waals surface area contributed by atoms with Crippen molar-refractivity contribution in [1.82, 2.24) is 9.97 Å². The fraction of sp³-hybridized carbons (Fsp3) is 0.0714. The molecule has 1 unspecified atom stereocenters. The molecule has 0 saturated carbocycles. The van der Waals surface area contributed by atoms with E-state index in [0.29, 0.717) is 16.9 Å². The van der Waals surface area contributed by atoms with Gasteiger partial charge in [0.25, 0.3) is 0 Å². The van der Waals surface area contributed by atoms with Crippen molar-refractivity contribution in [3.05, 3.63) is 54.1 Å². The second kappa shape index (κ2) is 4.65. The second-order valence-electron chi connectivity index (χ2n) is 4.24. The third-order valence-corrected chi connectivity index (χ3v) is 3.02. The predicted octanol–water partition coefficient (Wildman–Crippen LogP) is 1.49. The number of fused-ring (bicyclic) bond motifs is 1. The first-order valence-electron chi connectivity index (χ1n) is 5.89. The summed E-state index contributed by atoms with van der Waals surface area (Å²) in [6.07, 6.45) is 4.30.